The van der Waals surface area contributed by atoms with Crippen molar-refractivity contribution in [2.45, 2.75) is 12.4 Å². The number of epoxide rings is 1. The number of H-pyrrole nitrogens is 1. The van der Waals surface area contributed by atoms with Gasteiger partial charge >= 0.3 is 0 Å². The van der Waals surface area contributed by atoms with E-state index in [1.54, 1.807) is 13.3 Å². The number of hydrogen-bond donors (Lipinski definition) is 2. The summed E-state index contributed by atoms with van der Waals surface area (Å²) >= 11 is 0. The van der Waals surface area contributed by atoms with Crippen molar-refractivity contribution >= 4 is 21.8 Å². The average Bonchev–Trinajstić information content (AvgIpc) is 3.20. The fraction of sp³-hybridized carbons (Fsp3) is 0.150. The SMILES string of the molecule is COc1cc2nccc(Oc3ccc4[nH]ccc4c3)c2cc1C1OC1O. The molecule has 6 nitrogen and oxygen atoms in total. The van der Waals surface area contributed by atoms with Crippen LogP contribution >= 0.6 is 0 Å². The molecule has 1 fully saturated rings. The van der Waals surface area contributed by atoms with Crippen molar-refractivity contribution in [3.8, 4) is 17.2 Å². The number of benzene rings is 2. The van der Waals surface area contributed by atoms with Crippen LogP contribution in [0.4, 0.5) is 0 Å². The second kappa shape index (κ2) is 5.72. The summed E-state index contributed by atoms with van der Waals surface area (Å²) in [6.45, 7) is 0. The number of fused-ring (bicyclic) bond motifs is 2. The number of aliphatic hydroxyl groups is 1. The number of aliphatic hydroxyl groups excluding tert-OH is 1. The average molecular weight is 348 g/mol. The molecule has 1 saturated heterocycles. The molecule has 5 rings (SSSR count). The van der Waals surface area contributed by atoms with Crippen molar-refractivity contribution in [2.75, 3.05) is 7.11 Å². The summed E-state index contributed by atoms with van der Waals surface area (Å²) in [5.41, 5.74) is 2.59. The summed E-state index contributed by atoms with van der Waals surface area (Å²) in [6.07, 6.45) is 2.43. The third-order valence-electron chi connectivity index (χ3n) is 4.58. The van der Waals surface area contributed by atoms with E-state index >= 15 is 0 Å². The standard InChI is InChI=1S/C20H16N2O4/c1-24-18-10-16-13(9-14(18)19-20(23)26-19)17(5-7-22-16)25-12-2-3-15-11(8-12)4-6-21-15/h2-10,19-21,23H,1H3. The highest BCUT2D eigenvalue weighted by Gasteiger charge is 2.40. The number of hydrogen-bond acceptors (Lipinski definition) is 5. The van der Waals surface area contributed by atoms with Crippen molar-refractivity contribution in [3.05, 3.63) is 60.4 Å². The lowest BCUT2D eigenvalue weighted by molar-refractivity contribution is 0.156. The number of nitrogens with zero attached hydrogens (tertiary/aromatic N) is 1. The normalized spacial score (nSPS) is 19.0. The Balaban J connectivity index is 1.60. The van der Waals surface area contributed by atoms with Crippen molar-refractivity contribution in [2.24, 2.45) is 0 Å². The molecule has 0 bridgehead atoms. The number of pyridine rings is 1. The van der Waals surface area contributed by atoms with E-state index in [-0.39, 0.29) is 6.10 Å². The van der Waals surface area contributed by atoms with Crippen molar-refractivity contribution in [1.82, 2.24) is 9.97 Å². The third-order valence-corrected chi connectivity index (χ3v) is 4.58. The molecule has 0 aliphatic carbocycles. The minimum absolute atomic E-state index is 0.376. The van der Waals surface area contributed by atoms with Gasteiger partial charge in [-0.05, 0) is 36.4 Å². The summed E-state index contributed by atoms with van der Waals surface area (Å²) in [6, 6.07) is 13.5. The first-order chi connectivity index (χ1) is 12.7. The molecule has 6 heteroatoms. The van der Waals surface area contributed by atoms with Gasteiger partial charge < -0.3 is 24.3 Å². The Morgan fingerprint density at radius 2 is 2.00 bits per heavy atom. The van der Waals surface area contributed by atoms with Gasteiger partial charge in [-0.15, -0.1) is 0 Å². The maximum Gasteiger partial charge on any atom is 0.186 e. The Morgan fingerprint density at radius 3 is 2.81 bits per heavy atom. The van der Waals surface area contributed by atoms with Crippen LogP contribution in [0.3, 0.4) is 0 Å². The van der Waals surface area contributed by atoms with Crippen LogP contribution in [0.25, 0.3) is 21.8 Å². The minimum atomic E-state index is -0.793. The Kier molecular flexibility index (Phi) is 3.34. The molecule has 4 aromatic rings. The van der Waals surface area contributed by atoms with Gasteiger partial charge in [0.15, 0.2) is 6.29 Å². The molecule has 3 heterocycles. The van der Waals surface area contributed by atoms with E-state index in [9.17, 15) is 5.11 Å². The van der Waals surface area contributed by atoms with E-state index in [4.69, 9.17) is 14.2 Å². The summed E-state index contributed by atoms with van der Waals surface area (Å²) in [5.74, 6) is 2.06. The van der Waals surface area contributed by atoms with E-state index in [1.807, 2.05) is 48.7 Å². The third kappa shape index (κ3) is 2.47. The predicted octanol–water partition coefficient (Wildman–Crippen LogP) is 3.91. The smallest absolute Gasteiger partial charge is 0.186 e. The van der Waals surface area contributed by atoms with E-state index in [1.165, 1.54) is 0 Å². The van der Waals surface area contributed by atoms with Crippen LogP contribution in [0.1, 0.15) is 11.7 Å². The van der Waals surface area contributed by atoms with Gasteiger partial charge in [-0.1, -0.05) is 0 Å². The van der Waals surface area contributed by atoms with Crippen LogP contribution in [0.15, 0.2) is 54.9 Å². The molecule has 2 aromatic carbocycles. The molecule has 0 amide bonds. The first-order valence-corrected chi connectivity index (χ1v) is 8.28. The number of aromatic nitrogens is 2. The molecule has 2 unspecified atom stereocenters. The van der Waals surface area contributed by atoms with Gasteiger partial charge in [0.1, 0.15) is 23.4 Å². The Hall–Kier alpha value is -3.09. The number of ether oxygens (including phenoxy) is 3. The van der Waals surface area contributed by atoms with Crippen molar-refractivity contribution in [1.29, 1.82) is 0 Å². The number of aromatic amines is 1. The molecule has 2 aromatic heterocycles. The predicted molar refractivity (Wildman–Crippen MR) is 96.5 cm³/mol. The van der Waals surface area contributed by atoms with Gasteiger partial charge in [0, 0.05) is 40.3 Å². The highest BCUT2D eigenvalue weighted by atomic mass is 16.7. The first-order valence-electron chi connectivity index (χ1n) is 8.28. The lowest BCUT2D eigenvalue weighted by Crippen LogP contribution is -1.95. The molecular formula is C20H16N2O4. The maximum atomic E-state index is 9.63. The fourth-order valence-electron chi connectivity index (χ4n) is 3.21. The van der Waals surface area contributed by atoms with Gasteiger partial charge in [0.2, 0.25) is 0 Å². The largest absolute Gasteiger partial charge is 0.496 e. The molecule has 2 N–H and O–H groups in total. The molecule has 0 radical (unpaired) electrons. The van der Waals surface area contributed by atoms with E-state index in [2.05, 4.69) is 9.97 Å². The molecule has 1 aliphatic heterocycles. The summed E-state index contributed by atoms with van der Waals surface area (Å²) in [7, 11) is 1.59. The number of methoxy groups -OCH3 is 1. The Labute approximate surface area is 149 Å². The summed E-state index contributed by atoms with van der Waals surface area (Å²) in [5, 5.41) is 11.5. The number of nitrogens with one attached hydrogen (secondary N) is 1. The van der Waals surface area contributed by atoms with Gasteiger partial charge in [0.25, 0.3) is 0 Å². The molecule has 0 spiro atoms. The lowest BCUT2D eigenvalue weighted by atomic mass is 10.1. The lowest BCUT2D eigenvalue weighted by Gasteiger charge is -2.12. The zero-order chi connectivity index (χ0) is 17.7. The quantitative estimate of drug-likeness (QED) is 0.547. The second-order valence-corrected chi connectivity index (χ2v) is 6.20. The monoisotopic (exact) mass is 348 g/mol. The van der Waals surface area contributed by atoms with Gasteiger partial charge in [-0.2, -0.15) is 0 Å². The Morgan fingerprint density at radius 1 is 1.12 bits per heavy atom. The zero-order valence-electron chi connectivity index (χ0n) is 14.0. The van der Waals surface area contributed by atoms with Crippen molar-refractivity contribution in [3.63, 3.8) is 0 Å². The molecule has 130 valence electrons. The van der Waals surface area contributed by atoms with Crippen LogP contribution in [-0.2, 0) is 4.74 Å². The number of rotatable bonds is 4. The summed E-state index contributed by atoms with van der Waals surface area (Å²) < 4.78 is 16.8. The van der Waals surface area contributed by atoms with Crippen LogP contribution in [0, 0.1) is 0 Å². The minimum Gasteiger partial charge on any atom is -0.496 e. The highest BCUT2D eigenvalue weighted by molar-refractivity contribution is 5.88. The first kappa shape index (κ1) is 15.2. The van der Waals surface area contributed by atoms with Gasteiger partial charge in [-0.25, -0.2) is 0 Å². The molecule has 2 atom stereocenters. The van der Waals surface area contributed by atoms with Gasteiger partial charge in [0.05, 0.1) is 12.6 Å². The topological polar surface area (TPSA) is 79.9 Å². The fourth-order valence-corrected chi connectivity index (χ4v) is 3.21. The highest BCUT2D eigenvalue weighted by Crippen LogP contribution is 2.44. The van der Waals surface area contributed by atoms with E-state index in [0.29, 0.717) is 11.5 Å². The summed E-state index contributed by atoms with van der Waals surface area (Å²) in [4.78, 5) is 7.57. The zero-order valence-corrected chi connectivity index (χ0v) is 14.0. The van der Waals surface area contributed by atoms with Crippen LogP contribution in [-0.4, -0.2) is 28.5 Å². The Bertz CT molecular complexity index is 1120. The second-order valence-electron chi connectivity index (χ2n) is 6.20. The molecule has 1 aliphatic rings. The van der Waals surface area contributed by atoms with E-state index in [0.717, 1.165) is 33.1 Å². The maximum absolute atomic E-state index is 9.63. The van der Waals surface area contributed by atoms with Crippen LogP contribution in [0.2, 0.25) is 0 Å². The molecule has 0 saturated carbocycles. The molecule has 26 heavy (non-hydrogen) atoms. The van der Waals surface area contributed by atoms with Crippen molar-refractivity contribution < 1.29 is 19.3 Å². The van der Waals surface area contributed by atoms with Crippen LogP contribution < -0.4 is 9.47 Å². The van der Waals surface area contributed by atoms with Gasteiger partial charge in [-0.3, -0.25) is 4.98 Å². The molecular weight excluding hydrogens is 332 g/mol. The van der Waals surface area contributed by atoms with E-state index < -0.39 is 6.29 Å². The van der Waals surface area contributed by atoms with Crippen LogP contribution in [0.5, 0.6) is 17.2 Å².